The fourth-order valence-corrected chi connectivity index (χ4v) is 2.03. The first-order valence-electron chi connectivity index (χ1n) is 5.95. The fourth-order valence-electron chi connectivity index (χ4n) is 2.03. The smallest absolute Gasteiger partial charge is 0.317 e. The molecule has 1 aliphatic carbocycles. The van der Waals surface area contributed by atoms with Crippen LogP contribution in [0, 0.1) is 5.82 Å². The summed E-state index contributed by atoms with van der Waals surface area (Å²) in [6.07, 6.45) is 2.68. The maximum atomic E-state index is 12.9. The minimum absolute atomic E-state index is 0.317. The van der Waals surface area contributed by atoms with Crippen molar-refractivity contribution in [2.45, 2.75) is 18.3 Å². The van der Waals surface area contributed by atoms with Crippen LogP contribution in [0.5, 0.6) is 0 Å². The number of aliphatic carboxylic acids is 1. The summed E-state index contributed by atoms with van der Waals surface area (Å²) in [7, 11) is 0. The van der Waals surface area contributed by atoms with Crippen molar-refractivity contribution >= 4 is 5.97 Å². The Kier molecular flexibility index (Phi) is 2.55. The van der Waals surface area contributed by atoms with Gasteiger partial charge in [0.05, 0.1) is 5.69 Å². The van der Waals surface area contributed by atoms with Crippen LogP contribution in [0.3, 0.4) is 0 Å². The Morgan fingerprint density at radius 3 is 2.47 bits per heavy atom. The van der Waals surface area contributed by atoms with Crippen LogP contribution in [0.1, 0.15) is 18.7 Å². The number of carbonyl (C=O) groups is 1. The topological polar surface area (TPSA) is 63.1 Å². The average molecular weight is 258 g/mol. The van der Waals surface area contributed by atoms with Crippen LogP contribution in [0.2, 0.25) is 0 Å². The Balaban J connectivity index is 2.01. The molecule has 1 aliphatic rings. The van der Waals surface area contributed by atoms with Gasteiger partial charge in [-0.05, 0) is 43.2 Å². The second-order valence-corrected chi connectivity index (χ2v) is 4.66. The zero-order chi connectivity index (χ0) is 13.5. The van der Waals surface area contributed by atoms with E-state index in [1.54, 1.807) is 24.4 Å². The summed E-state index contributed by atoms with van der Waals surface area (Å²) in [6.45, 7) is 0. The van der Waals surface area contributed by atoms with Crippen molar-refractivity contribution in [2.75, 3.05) is 0 Å². The van der Waals surface area contributed by atoms with Crippen LogP contribution in [0.15, 0.2) is 36.5 Å². The number of halogens is 1. The van der Waals surface area contributed by atoms with Gasteiger partial charge >= 0.3 is 5.97 Å². The van der Waals surface area contributed by atoms with E-state index in [2.05, 4.69) is 9.97 Å². The Hall–Kier alpha value is -2.30. The minimum atomic E-state index is -0.921. The summed E-state index contributed by atoms with van der Waals surface area (Å²) in [5.74, 6) is -0.868. The third-order valence-electron chi connectivity index (χ3n) is 3.38. The van der Waals surface area contributed by atoms with Crippen molar-refractivity contribution in [1.82, 2.24) is 9.97 Å². The van der Waals surface area contributed by atoms with Gasteiger partial charge in [0.15, 0.2) is 0 Å². The second kappa shape index (κ2) is 4.12. The van der Waals surface area contributed by atoms with Gasteiger partial charge in [0.2, 0.25) is 0 Å². The Morgan fingerprint density at radius 2 is 1.89 bits per heavy atom. The van der Waals surface area contributed by atoms with Crippen LogP contribution in [0.25, 0.3) is 11.3 Å². The Labute approximate surface area is 109 Å². The first kappa shape index (κ1) is 11.8. The van der Waals surface area contributed by atoms with E-state index in [-0.39, 0.29) is 5.82 Å². The number of carboxylic acid groups (broad SMARTS) is 1. The number of hydrogen-bond donors (Lipinski definition) is 1. The summed E-state index contributed by atoms with van der Waals surface area (Å²) in [4.78, 5) is 19.6. The molecule has 1 aromatic heterocycles. The molecule has 5 heteroatoms. The monoisotopic (exact) mass is 258 g/mol. The maximum Gasteiger partial charge on any atom is 0.317 e. The molecule has 0 aliphatic heterocycles. The lowest BCUT2D eigenvalue weighted by Gasteiger charge is -2.09. The summed E-state index contributed by atoms with van der Waals surface area (Å²) < 4.78 is 12.9. The van der Waals surface area contributed by atoms with E-state index in [0.29, 0.717) is 24.4 Å². The third-order valence-corrected chi connectivity index (χ3v) is 3.38. The van der Waals surface area contributed by atoms with E-state index < -0.39 is 11.4 Å². The molecule has 4 nitrogen and oxygen atoms in total. The number of benzene rings is 1. The first-order valence-corrected chi connectivity index (χ1v) is 5.95. The minimum Gasteiger partial charge on any atom is -0.480 e. The molecule has 0 saturated heterocycles. The molecule has 1 aromatic carbocycles. The second-order valence-electron chi connectivity index (χ2n) is 4.66. The maximum absolute atomic E-state index is 12.9. The van der Waals surface area contributed by atoms with E-state index in [4.69, 9.17) is 0 Å². The quantitative estimate of drug-likeness (QED) is 0.918. The molecule has 1 N–H and O–H groups in total. The van der Waals surface area contributed by atoms with Crippen molar-refractivity contribution in [1.29, 1.82) is 0 Å². The van der Waals surface area contributed by atoms with E-state index in [9.17, 15) is 14.3 Å². The number of hydrogen-bond acceptors (Lipinski definition) is 3. The lowest BCUT2D eigenvalue weighted by atomic mass is 10.1. The van der Waals surface area contributed by atoms with E-state index >= 15 is 0 Å². The van der Waals surface area contributed by atoms with Crippen molar-refractivity contribution in [2.24, 2.45) is 0 Å². The summed E-state index contributed by atoms with van der Waals surface area (Å²) in [5.41, 5.74) is 0.430. The highest BCUT2D eigenvalue weighted by molar-refractivity contribution is 5.83. The highest BCUT2D eigenvalue weighted by Crippen LogP contribution is 2.46. The van der Waals surface area contributed by atoms with Crippen LogP contribution in [-0.4, -0.2) is 21.0 Å². The summed E-state index contributed by atoms with van der Waals surface area (Å²) in [5, 5.41) is 9.23. The van der Waals surface area contributed by atoms with Gasteiger partial charge in [0.25, 0.3) is 0 Å². The van der Waals surface area contributed by atoms with Gasteiger partial charge in [-0.2, -0.15) is 0 Å². The lowest BCUT2D eigenvalue weighted by molar-refractivity contribution is -0.140. The van der Waals surface area contributed by atoms with Crippen molar-refractivity contribution in [3.63, 3.8) is 0 Å². The summed E-state index contributed by atoms with van der Waals surface area (Å²) >= 11 is 0. The van der Waals surface area contributed by atoms with Gasteiger partial charge < -0.3 is 5.11 Å². The van der Waals surface area contributed by atoms with Gasteiger partial charge in [-0.15, -0.1) is 0 Å². The van der Waals surface area contributed by atoms with Crippen LogP contribution < -0.4 is 0 Å². The number of carboxylic acids is 1. The van der Waals surface area contributed by atoms with Gasteiger partial charge in [-0.25, -0.2) is 14.4 Å². The molecule has 0 radical (unpaired) electrons. The number of rotatable bonds is 3. The predicted molar refractivity (Wildman–Crippen MR) is 66.0 cm³/mol. The molecule has 1 heterocycles. The van der Waals surface area contributed by atoms with E-state index in [1.807, 2.05) is 0 Å². The zero-order valence-corrected chi connectivity index (χ0v) is 10.0. The number of aromatic nitrogens is 2. The molecule has 19 heavy (non-hydrogen) atoms. The van der Waals surface area contributed by atoms with Gasteiger partial charge in [0, 0.05) is 11.8 Å². The van der Waals surface area contributed by atoms with Gasteiger partial charge in [0.1, 0.15) is 17.1 Å². The predicted octanol–water partition coefficient (Wildman–Crippen LogP) is 2.40. The van der Waals surface area contributed by atoms with Gasteiger partial charge in [-0.1, -0.05) is 0 Å². The molecule has 0 bridgehead atoms. The highest BCUT2D eigenvalue weighted by Gasteiger charge is 2.54. The molecule has 1 fully saturated rings. The van der Waals surface area contributed by atoms with Crippen molar-refractivity contribution < 1.29 is 14.3 Å². The summed E-state index contributed by atoms with van der Waals surface area (Å²) in [6, 6.07) is 7.61. The molecule has 0 atom stereocenters. The van der Waals surface area contributed by atoms with E-state index in [0.717, 1.165) is 5.56 Å². The highest BCUT2D eigenvalue weighted by atomic mass is 19.1. The van der Waals surface area contributed by atoms with Gasteiger partial charge in [-0.3, -0.25) is 4.79 Å². The molecule has 0 unspecified atom stereocenters. The molecule has 2 aromatic rings. The van der Waals surface area contributed by atoms with Crippen LogP contribution in [-0.2, 0) is 10.2 Å². The fraction of sp³-hybridized carbons (Fsp3) is 0.214. The average Bonchev–Trinajstić information content (AvgIpc) is 3.21. The molecule has 96 valence electrons. The molecular weight excluding hydrogens is 247 g/mol. The third kappa shape index (κ3) is 1.97. The van der Waals surface area contributed by atoms with Crippen LogP contribution >= 0.6 is 0 Å². The van der Waals surface area contributed by atoms with Crippen molar-refractivity contribution in [3.05, 3.63) is 48.2 Å². The van der Waals surface area contributed by atoms with Crippen LogP contribution in [0.4, 0.5) is 4.39 Å². The molecule has 0 spiro atoms. The zero-order valence-electron chi connectivity index (χ0n) is 10.0. The van der Waals surface area contributed by atoms with E-state index in [1.165, 1.54) is 12.1 Å². The largest absolute Gasteiger partial charge is 0.480 e. The molecule has 3 rings (SSSR count). The normalized spacial score (nSPS) is 16.1. The standard InChI is InChI=1S/C14H11FN2O2/c15-10-3-1-9(2-4-10)11-5-8-16-12(17-11)14(6-7-14)13(18)19/h1-5,8H,6-7H2,(H,18,19). The first-order chi connectivity index (χ1) is 9.12. The molecular formula is C14H11FN2O2. The molecule has 1 saturated carbocycles. The molecule has 0 amide bonds. The Bertz CT molecular complexity index is 636. The number of nitrogens with zero attached hydrogens (tertiary/aromatic N) is 2. The Morgan fingerprint density at radius 1 is 1.21 bits per heavy atom. The van der Waals surface area contributed by atoms with Crippen molar-refractivity contribution in [3.8, 4) is 11.3 Å². The lowest BCUT2D eigenvalue weighted by Crippen LogP contribution is -2.22. The SMILES string of the molecule is O=C(O)C1(c2nccc(-c3ccc(F)cc3)n2)CC1.